The van der Waals surface area contributed by atoms with Gasteiger partial charge in [-0.1, -0.05) is 13.8 Å². The minimum Gasteiger partial charge on any atom is -0.389 e. The van der Waals surface area contributed by atoms with E-state index >= 15 is 0 Å². The number of aliphatic hydroxyl groups excluding tert-OH is 1. The van der Waals surface area contributed by atoms with Gasteiger partial charge < -0.3 is 15.2 Å². The number of hydrogen-bond donors (Lipinski definition) is 2. The van der Waals surface area contributed by atoms with Crippen molar-refractivity contribution in [3.8, 4) is 0 Å². The van der Waals surface area contributed by atoms with E-state index in [1.807, 2.05) is 6.92 Å². The van der Waals surface area contributed by atoms with Gasteiger partial charge in [-0.05, 0) is 46.5 Å². The summed E-state index contributed by atoms with van der Waals surface area (Å²) in [7, 11) is 0. The highest BCUT2D eigenvalue weighted by atomic mass is 79.9. The van der Waals surface area contributed by atoms with Crippen LogP contribution >= 0.6 is 15.9 Å². The minimum atomic E-state index is -0.607. The van der Waals surface area contributed by atoms with Crippen LogP contribution in [0.2, 0.25) is 0 Å². The largest absolute Gasteiger partial charge is 0.389 e. The van der Waals surface area contributed by atoms with Crippen molar-refractivity contribution in [1.82, 2.24) is 0 Å². The van der Waals surface area contributed by atoms with Crippen molar-refractivity contribution < 1.29 is 14.2 Å². The fourth-order valence-electron chi connectivity index (χ4n) is 1.56. The second-order valence-corrected chi connectivity index (χ2v) is 5.90. The fourth-order valence-corrected chi connectivity index (χ4v) is 2.02. The van der Waals surface area contributed by atoms with E-state index in [2.05, 4.69) is 35.1 Å². The highest BCUT2D eigenvalue weighted by Gasteiger charge is 2.08. The highest BCUT2D eigenvalue weighted by molar-refractivity contribution is 9.10. The van der Waals surface area contributed by atoms with Gasteiger partial charge in [-0.2, -0.15) is 0 Å². The molecule has 1 aromatic carbocycles. The molecule has 0 amide bonds. The van der Waals surface area contributed by atoms with Gasteiger partial charge in [-0.25, -0.2) is 4.39 Å². The Morgan fingerprint density at radius 2 is 2.05 bits per heavy atom. The van der Waals surface area contributed by atoms with Crippen LogP contribution in [0.4, 0.5) is 10.1 Å². The first-order valence-electron chi connectivity index (χ1n) is 6.35. The number of ether oxygens (including phenoxy) is 1. The summed E-state index contributed by atoms with van der Waals surface area (Å²) in [4.78, 5) is 0. The topological polar surface area (TPSA) is 41.5 Å². The zero-order valence-corrected chi connectivity index (χ0v) is 13.1. The molecule has 0 aliphatic carbocycles. The Bertz CT molecular complexity index is 413. The Hall–Kier alpha value is -0.650. The first kappa shape index (κ1) is 16.4. The van der Waals surface area contributed by atoms with Crippen molar-refractivity contribution in [2.24, 2.45) is 5.92 Å². The number of hydrogen-bond acceptors (Lipinski definition) is 3. The molecule has 3 nitrogen and oxygen atoms in total. The quantitative estimate of drug-likeness (QED) is 0.804. The number of aryl methyl sites for hydroxylation is 1. The number of benzene rings is 1. The monoisotopic (exact) mass is 333 g/mol. The number of nitrogens with one attached hydrogen (secondary N) is 1. The molecule has 2 N–H and O–H groups in total. The SMILES string of the molecule is Cc1cc(Br)c(F)cc1NCC(O)COCC(C)C. The number of aliphatic hydroxyl groups is 1. The van der Waals surface area contributed by atoms with Gasteiger partial charge >= 0.3 is 0 Å². The summed E-state index contributed by atoms with van der Waals surface area (Å²) in [5.41, 5.74) is 1.60. The van der Waals surface area contributed by atoms with Crippen LogP contribution in [0.15, 0.2) is 16.6 Å². The lowest BCUT2D eigenvalue weighted by atomic mass is 10.2. The highest BCUT2D eigenvalue weighted by Crippen LogP contribution is 2.23. The van der Waals surface area contributed by atoms with Gasteiger partial charge in [0.2, 0.25) is 0 Å². The van der Waals surface area contributed by atoms with Crippen LogP contribution in [0.5, 0.6) is 0 Å². The molecule has 0 aliphatic heterocycles. The van der Waals surface area contributed by atoms with Crippen LogP contribution in [-0.4, -0.2) is 31.0 Å². The van der Waals surface area contributed by atoms with Gasteiger partial charge in [0.1, 0.15) is 5.82 Å². The second-order valence-electron chi connectivity index (χ2n) is 5.05. The lowest BCUT2D eigenvalue weighted by Crippen LogP contribution is -2.26. The van der Waals surface area contributed by atoms with E-state index in [9.17, 15) is 9.50 Å². The summed E-state index contributed by atoms with van der Waals surface area (Å²) in [6, 6.07) is 3.13. The molecule has 0 saturated heterocycles. The number of halogens is 2. The molecule has 0 heterocycles. The molecule has 5 heteroatoms. The van der Waals surface area contributed by atoms with Crippen molar-refractivity contribution in [3.05, 3.63) is 28.0 Å². The average molecular weight is 334 g/mol. The molecule has 0 saturated carbocycles. The van der Waals surface area contributed by atoms with E-state index in [4.69, 9.17) is 4.74 Å². The Morgan fingerprint density at radius 3 is 2.68 bits per heavy atom. The molecule has 1 unspecified atom stereocenters. The van der Waals surface area contributed by atoms with E-state index in [1.165, 1.54) is 6.07 Å². The third-order valence-electron chi connectivity index (χ3n) is 2.56. The van der Waals surface area contributed by atoms with E-state index in [1.54, 1.807) is 6.07 Å². The molecule has 108 valence electrons. The molecular weight excluding hydrogens is 313 g/mol. The molecule has 0 fully saturated rings. The third kappa shape index (κ3) is 5.89. The Labute approximate surface area is 122 Å². The molecule has 0 bridgehead atoms. The van der Waals surface area contributed by atoms with Crippen LogP contribution in [-0.2, 0) is 4.74 Å². The summed E-state index contributed by atoms with van der Waals surface area (Å²) >= 11 is 3.14. The summed E-state index contributed by atoms with van der Waals surface area (Å²) in [5.74, 6) is 0.127. The van der Waals surface area contributed by atoms with Gasteiger partial charge in [0.25, 0.3) is 0 Å². The zero-order chi connectivity index (χ0) is 14.4. The predicted molar refractivity (Wildman–Crippen MR) is 79.0 cm³/mol. The van der Waals surface area contributed by atoms with E-state index in [0.29, 0.717) is 29.2 Å². The summed E-state index contributed by atoms with van der Waals surface area (Å²) in [5, 5.41) is 12.8. The van der Waals surface area contributed by atoms with Crippen molar-refractivity contribution >= 4 is 21.6 Å². The fraction of sp³-hybridized carbons (Fsp3) is 0.571. The van der Waals surface area contributed by atoms with Gasteiger partial charge in [0.15, 0.2) is 0 Å². The summed E-state index contributed by atoms with van der Waals surface area (Å²) in [6.07, 6.45) is -0.607. The van der Waals surface area contributed by atoms with Crippen molar-refractivity contribution in [2.45, 2.75) is 26.9 Å². The van der Waals surface area contributed by atoms with Crippen LogP contribution in [0.1, 0.15) is 19.4 Å². The predicted octanol–water partition coefficient (Wildman–Crippen LogP) is 3.34. The molecule has 1 atom stereocenters. The molecular formula is C14H21BrFNO2. The average Bonchev–Trinajstić information content (AvgIpc) is 2.31. The Morgan fingerprint density at radius 1 is 1.37 bits per heavy atom. The van der Waals surface area contributed by atoms with Crippen LogP contribution in [0.25, 0.3) is 0 Å². The summed E-state index contributed by atoms with van der Waals surface area (Å²) in [6.45, 7) is 7.23. The van der Waals surface area contributed by atoms with E-state index in [-0.39, 0.29) is 12.4 Å². The maximum atomic E-state index is 13.4. The molecule has 0 radical (unpaired) electrons. The standard InChI is InChI=1S/C14H21BrFNO2/c1-9(2)7-19-8-11(18)6-17-14-5-13(16)12(15)4-10(14)3/h4-5,9,11,17-18H,6-8H2,1-3H3. The van der Waals surface area contributed by atoms with Crippen molar-refractivity contribution in [1.29, 1.82) is 0 Å². The summed E-state index contributed by atoms with van der Waals surface area (Å²) < 4.78 is 19.2. The van der Waals surface area contributed by atoms with E-state index in [0.717, 1.165) is 5.56 Å². The molecule has 0 aromatic heterocycles. The third-order valence-corrected chi connectivity index (χ3v) is 3.16. The molecule has 0 spiro atoms. The molecule has 1 aromatic rings. The lowest BCUT2D eigenvalue weighted by molar-refractivity contribution is 0.0318. The maximum Gasteiger partial charge on any atom is 0.139 e. The molecule has 0 aliphatic rings. The molecule has 1 rings (SSSR count). The zero-order valence-electron chi connectivity index (χ0n) is 11.5. The lowest BCUT2D eigenvalue weighted by Gasteiger charge is -2.15. The van der Waals surface area contributed by atoms with Crippen LogP contribution in [0, 0.1) is 18.7 Å². The van der Waals surface area contributed by atoms with Gasteiger partial charge in [0, 0.05) is 18.8 Å². The number of anilines is 1. The maximum absolute atomic E-state index is 13.4. The first-order valence-corrected chi connectivity index (χ1v) is 7.14. The number of rotatable bonds is 7. The smallest absolute Gasteiger partial charge is 0.139 e. The minimum absolute atomic E-state index is 0.281. The van der Waals surface area contributed by atoms with E-state index < -0.39 is 6.10 Å². The van der Waals surface area contributed by atoms with Gasteiger partial charge in [0.05, 0.1) is 17.2 Å². The Kier molecular flexibility index (Phi) is 6.75. The van der Waals surface area contributed by atoms with Gasteiger partial charge in [-0.15, -0.1) is 0 Å². The first-order chi connectivity index (χ1) is 8.90. The second kappa shape index (κ2) is 7.82. The Balaban J connectivity index is 2.42. The molecule has 19 heavy (non-hydrogen) atoms. The van der Waals surface area contributed by atoms with Crippen LogP contribution in [0.3, 0.4) is 0 Å². The van der Waals surface area contributed by atoms with Gasteiger partial charge in [-0.3, -0.25) is 0 Å². The normalized spacial score (nSPS) is 12.8. The van der Waals surface area contributed by atoms with Crippen LogP contribution < -0.4 is 5.32 Å². The van der Waals surface area contributed by atoms with Crippen molar-refractivity contribution in [3.63, 3.8) is 0 Å². The van der Waals surface area contributed by atoms with Crippen molar-refractivity contribution in [2.75, 3.05) is 25.1 Å².